The molecular weight excluding hydrogens is 275 g/mol. The fourth-order valence-corrected chi connectivity index (χ4v) is 3.06. The van der Waals surface area contributed by atoms with Gasteiger partial charge in [0.1, 0.15) is 5.82 Å². The molecule has 0 amide bonds. The second kappa shape index (κ2) is 6.33. The van der Waals surface area contributed by atoms with E-state index in [4.69, 9.17) is 0 Å². The second-order valence-corrected chi connectivity index (χ2v) is 6.13. The van der Waals surface area contributed by atoms with Crippen molar-refractivity contribution in [1.29, 1.82) is 0 Å². The average molecular weight is 294 g/mol. The third-order valence-electron chi connectivity index (χ3n) is 3.10. The number of hydrogen-bond acceptors (Lipinski definition) is 4. The Hall–Kier alpha value is -1.46. The van der Waals surface area contributed by atoms with Crippen molar-refractivity contribution in [2.45, 2.75) is 32.9 Å². The Kier molecular flexibility index (Phi) is 4.73. The Morgan fingerprint density at radius 1 is 1.35 bits per heavy atom. The van der Waals surface area contributed by atoms with Gasteiger partial charge in [-0.3, -0.25) is 0 Å². The number of aliphatic hydroxyl groups excluding tert-OH is 1. The second-order valence-electron chi connectivity index (χ2n) is 5.07. The quantitative estimate of drug-likeness (QED) is 0.916. The van der Waals surface area contributed by atoms with Gasteiger partial charge in [0, 0.05) is 19.2 Å². The molecule has 5 heteroatoms. The van der Waals surface area contributed by atoms with Gasteiger partial charge in [-0.15, -0.1) is 0 Å². The summed E-state index contributed by atoms with van der Waals surface area (Å²) in [6.45, 7) is 4.56. The van der Waals surface area contributed by atoms with Gasteiger partial charge in [-0.05, 0) is 12.0 Å². The van der Waals surface area contributed by atoms with Crippen LogP contribution in [0.5, 0.6) is 0 Å². The van der Waals surface area contributed by atoms with Crippen molar-refractivity contribution in [3.8, 4) is 0 Å². The minimum atomic E-state index is -0.206. The fourth-order valence-electron chi connectivity index (χ4n) is 2.03. The minimum Gasteiger partial charge on any atom is -0.391 e. The standard InChI is InChI=1S/C15H19FN2OS/c1-10(2)14-13(9-19)20-15(17-14)18(3)8-11-6-4-5-7-12(11)16/h4-7,10,19H,8-9H2,1-3H3. The maximum absolute atomic E-state index is 13.7. The third-order valence-corrected chi connectivity index (χ3v) is 4.27. The molecule has 1 aromatic heterocycles. The Morgan fingerprint density at radius 3 is 2.60 bits per heavy atom. The van der Waals surface area contributed by atoms with E-state index in [0.717, 1.165) is 15.7 Å². The predicted octanol–water partition coefficient (Wildman–Crippen LogP) is 3.53. The summed E-state index contributed by atoms with van der Waals surface area (Å²) in [5, 5.41) is 10.2. The van der Waals surface area contributed by atoms with Crippen LogP contribution >= 0.6 is 11.3 Å². The summed E-state index contributed by atoms with van der Waals surface area (Å²) in [4.78, 5) is 7.36. The van der Waals surface area contributed by atoms with Gasteiger partial charge in [-0.25, -0.2) is 9.37 Å². The first-order chi connectivity index (χ1) is 9.52. The van der Waals surface area contributed by atoms with Crippen molar-refractivity contribution < 1.29 is 9.50 Å². The lowest BCUT2D eigenvalue weighted by atomic mass is 10.1. The highest BCUT2D eigenvalue weighted by Gasteiger charge is 2.16. The number of anilines is 1. The lowest BCUT2D eigenvalue weighted by Crippen LogP contribution is -2.17. The van der Waals surface area contributed by atoms with E-state index >= 15 is 0 Å². The molecule has 3 nitrogen and oxygen atoms in total. The van der Waals surface area contributed by atoms with Crippen LogP contribution in [-0.2, 0) is 13.2 Å². The number of thiazole rings is 1. The lowest BCUT2D eigenvalue weighted by Gasteiger charge is -2.16. The molecule has 0 aliphatic carbocycles. The molecule has 2 aromatic rings. The molecule has 2 rings (SSSR count). The lowest BCUT2D eigenvalue weighted by molar-refractivity contribution is 0.283. The monoisotopic (exact) mass is 294 g/mol. The van der Waals surface area contributed by atoms with E-state index in [1.54, 1.807) is 12.1 Å². The summed E-state index contributed by atoms with van der Waals surface area (Å²) < 4.78 is 13.7. The first-order valence-electron chi connectivity index (χ1n) is 6.58. The van der Waals surface area contributed by atoms with Gasteiger partial charge in [-0.2, -0.15) is 0 Å². The molecule has 1 aromatic carbocycles. The predicted molar refractivity (Wildman–Crippen MR) is 80.6 cm³/mol. The molecule has 0 saturated carbocycles. The highest BCUT2D eigenvalue weighted by molar-refractivity contribution is 7.15. The molecule has 0 aliphatic heterocycles. The van der Waals surface area contributed by atoms with E-state index in [1.165, 1.54) is 17.4 Å². The van der Waals surface area contributed by atoms with Crippen LogP contribution in [0.25, 0.3) is 0 Å². The maximum Gasteiger partial charge on any atom is 0.185 e. The molecular formula is C15H19FN2OS. The summed E-state index contributed by atoms with van der Waals surface area (Å²) >= 11 is 1.46. The van der Waals surface area contributed by atoms with Crippen molar-refractivity contribution in [1.82, 2.24) is 4.98 Å². The van der Waals surface area contributed by atoms with E-state index < -0.39 is 0 Å². The van der Waals surface area contributed by atoms with E-state index in [0.29, 0.717) is 12.1 Å². The van der Waals surface area contributed by atoms with E-state index in [-0.39, 0.29) is 18.3 Å². The van der Waals surface area contributed by atoms with Crippen molar-refractivity contribution in [3.05, 3.63) is 46.2 Å². The first-order valence-corrected chi connectivity index (χ1v) is 7.39. The number of nitrogens with zero attached hydrogens (tertiary/aromatic N) is 2. The molecule has 20 heavy (non-hydrogen) atoms. The molecule has 0 radical (unpaired) electrons. The molecule has 0 atom stereocenters. The molecule has 0 spiro atoms. The number of rotatable bonds is 5. The van der Waals surface area contributed by atoms with Crippen molar-refractivity contribution in [2.24, 2.45) is 0 Å². The smallest absolute Gasteiger partial charge is 0.185 e. The molecule has 1 heterocycles. The Balaban J connectivity index is 2.21. The van der Waals surface area contributed by atoms with Crippen LogP contribution in [-0.4, -0.2) is 17.1 Å². The summed E-state index contributed by atoms with van der Waals surface area (Å²) in [6, 6.07) is 6.75. The zero-order valence-corrected chi connectivity index (χ0v) is 12.7. The zero-order valence-electron chi connectivity index (χ0n) is 11.9. The zero-order chi connectivity index (χ0) is 14.7. The van der Waals surface area contributed by atoms with Crippen LogP contribution in [0.2, 0.25) is 0 Å². The average Bonchev–Trinajstić information content (AvgIpc) is 2.86. The van der Waals surface area contributed by atoms with Crippen molar-refractivity contribution >= 4 is 16.5 Å². The molecule has 1 N–H and O–H groups in total. The molecule has 0 fully saturated rings. The van der Waals surface area contributed by atoms with Gasteiger partial charge in [0.15, 0.2) is 5.13 Å². The van der Waals surface area contributed by atoms with Crippen LogP contribution < -0.4 is 4.90 Å². The summed E-state index contributed by atoms with van der Waals surface area (Å²) in [7, 11) is 1.89. The van der Waals surface area contributed by atoms with Crippen LogP contribution in [0.4, 0.5) is 9.52 Å². The Bertz CT molecular complexity index is 583. The van der Waals surface area contributed by atoms with Gasteiger partial charge in [0.05, 0.1) is 17.2 Å². The number of aliphatic hydroxyl groups is 1. The number of aromatic nitrogens is 1. The molecule has 0 saturated heterocycles. The molecule has 0 bridgehead atoms. The van der Waals surface area contributed by atoms with Gasteiger partial charge >= 0.3 is 0 Å². The normalized spacial score (nSPS) is 11.1. The molecule has 0 unspecified atom stereocenters. The van der Waals surface area contributed by atoms with E-state index in [2.05, 4.69) is 18.8 Å². The van der Waals surface area contributed by atoms with Crippen LogP contribution in [0.1, 0.15) is 35.9 Å². The number of halogens is 1. The maximum atomic E-state index is 13.7. The highest BCUT2D eigenvalue weighted by Crippen LogP contribution is 2.31. The SMILES string of the molecule is CC(C)c1nc(N(C)Cc2ccccc2F)sc1CO. The van der Waals surface area contributed by atoms with E-state index in [9.17, 15) is 9.50 Å². The summed E-state index contributed by atoms with van der Waals surface area (Å²) in [5.74, 6) is 0.0615. The van der Waals surface area contributed by atoms with E-state index in [1.807, 2.05) is 18.0 Å². The Labute approximate surface area is 122 Å². The highest BCUT2D eigenvalue weighted by atomic mass is 32.1. The van der Waals surface area contributed by atoms with Gasteiger partial charge in [0.2, 0.25) is 0 Å². The van der Waals surface area contributed by atoms with Gasteiger partial charge < -0.3 is 10.0 Å². The van der Waals surface area contributed by atoms with Crippen molar-refractivity contribution in [2.75, 3.05) is 11.9 Å². The van der Waals surface area contributed by atoms with Crippen LogP contribution in [0.3, 0.4) is 0 Å². The molecule has 108 valence electrons. The first kappa shape index (κ1) is 14.9. The molecule has 0 aliphatic rings. The number of benzene rings is 1. The third kappa shape index (κ3) is 3.16. The van der Waals surface area contributed by atoms with Crippen LogP contribution in [0, 0.1) is 5.82 Å². The number of hydrogen-bond donors (Lipinski definition) is 1. The van der Waals surface area contributed by atoms with Gasteiger partial charge in [0.25, 0.3) is 0 Å². The fraction of sp³-hybridized carbons (Fsp3) is 0.400. The Morgan fingerprint density at radius 2 is 2.05 bits per heavy atom. The minimum absolute atomic E-state index is 0.00127. The summed E-state index contributed by atoms with van der Waals surface area (Å²) in [6.07, 6.45) is 0. The van der Waals surface area contributed by atoms with Crippen molar-refractivity contribution in [3.63, 3.8) is 0 Å². The topological polar surface area (TPSA) is 36.4 Å². The van der Waals surface area contributed by atoms with Gasteiger partial charge in [-0.1, -0.05) is 43.4 Å². The van der Waals surface area contributed by atoms with Crippen LogP contribution in [0.15, 0.2) is 24.3 Å². The summed E-state index contributed by atoms with van der Waals surface area (Å²) in [5.41, 5.74) is 1.56. The largest absolute Gasteiger partial charge is 0.391 e.